The summed E-state index contributed by atoms with van der Waals surface area (Å²) in [5.74, 6) is 0.214. The number of pyridine rings is 2. The molecule has 0 aliphatic heterocycles. The van der Waals surface area contributed by atoms with E-state index >= 15 is 0 Å². The van der Waals surface area contributed by atoms with Gasteiger partial charge in [0.25, 0.3) is 0 Å². The van der Waals surface area contributed by atoms with Crippen molar-refractivity contribution < 1.29 is 10.2 Å². The Bertz CT molecular complexity index is 2210. The Kier molecular flexibility index (Phi) is 5.87. The summed E-state index contributed by atoms with van der Waals surface area (Å²) in [6.07, 6.45) is 3.34. The topological polar surface area (TPSA) is 92.0 Å². The molecule has 0 radical (unpaired) electrons. The molecule has 6 heteroatoms. The van der Waals surface area contributed by atoms with Crippen LogP contribution in [-0.4, -0.2) is 30.1 Å². The van der Waals surface area contributed by atoms with Gasteiger partial charge in [0, 0.05) is 44.7 Å². The van der Waals surface area contributed by atoms with E-state index in [2.05, 4.69) is 0 Å². The Balaban J connectivity index is 1.75. The van der Waals surface area contributed by atoms with Crippen LogP contribution < -0.4 is 0 Å². The number of hydrogen-bond acceptors (Lipinski definition) is 6. The Labute approximate surface area is 242 Å². The van der Waals surface area contributed by atoms with Gasteiger partial charge in [-0.25, -0.2) is 9.97 Å². The molecule has 3 aromatic heterocycles. The second-order valence-electron chi connectivity index (χ2n) is 11.0. The maximum absolute atomic E-state index is 11.4. The van der Waals surface area contributed by atoms with E-state index in [-0.39, 0.29) is 11.5 Å². The van der Waals surface area contributed by atoms with E-state index < -0.39 is 0 Å². The van der Waals surface area contributed by atoms with Gasteiger partial charge in [-0.1, -0.05) is 24.3 Å². The summed E-state index contributed by atoms with van der Waals surface area (Å²) in [4.78, 5) is 19.6. The summed E-state index contributed by atoms with van der Waals surface area (Å²) in [6, 6.07) is 23.5. The predicted octanol–water partition coefficient (Wildman–Crippen LogP) is 8.52. The van der Waals surface area contributed by atoms with Crippen LogP contribution in [-0.2, 0) is 0 Å². The van der Waals surface area contributed by atoms with Gasteiger partial charge in [0.05, 0.1) is 33.1 Å². The zero-order chi connectivity index (χ0) is 29.1. The number of phenols is 2. The summed E-state index contributed by atoms with van der Waals surface area (Å²) in [7, 11) is 0. The van der Waals surface area contributed by atoms with E-state index in [1.807, 2.05) is 100 Å². The summed E-state index contributed by atoms with van der Waals surface area (Å²) in [5.41, 5.74) is 8.13. The van der Waals surface area contributed by atoms with Crippen LogP contribution in [0, 0.1) is 27.7 Å². The lowest BCUT2D eigenvalue weighted by Crippen LogP contribution is -1.88. The van der Waals surface area contributed by atoms with Gasteiger partial charge < -0.3 is 10.2 Å². The molecule has 3 heterocycles. The van der Waals surface area contributed by atoms with E-state index in [9.17, 15) is 10.2 Å². The van der Waals surface area contributed by atoms with E-state index in [1.165, 1.54) is 0 Å². The maximum atomic E-state index is 11.4. The van der Waals surface area contributed by atoms with Crippen LogP contribution in [0.2, 0.25) is 0 Å². The monoisotopic (exact) mass is 548 g/mol. The molecule has 4 aromatic carbocycles. The molecule has 7 aromatic rings. The van der Waals surface area contributed by atoms with Gasteiger partial charge in [-0.2, -0.15) is 0 Å². The predicted molar refractivity (Wildman–Crippen MR) is 171 cm³/mol. The highest BCUT2D eigenvalue weighted by molar-refractivity contribution is 6.07. The second-order valence-corrected chi connectivity index (χ2v) is 11.0. The third kappa shape index (κ3) is 4.29. The zero-order valence-electron chi connectivity index (χ0n) is 23.8. The van der Waals surface area contributed by atoms with Crippen molar-refractivity contribution in [2.24, 2.45) is 0 Å². The van der Waals surface area contributed by atoms with Crippen LogP contribution in [0.1, 0.15) is 22.3 Å². The molecular formula is C36H28N4O2. The van der Waals surface area contributed by atoms with E-state index in [1.54, 1.807) is 12.4 Å². The number of fused-ring (bicyclic) bond motifs is 9. The average Bonchev–Trinajstić information content (AvgIpc) is 2.98. The molecule has 2 N–H and O–H groups in total. The third-order valence-electron chi connectivity index (χ3n) is 7.92. The number of rotatable bonds is 0. The molecule has 204 valence electrons. The molecule has 8 bridgehead atoms. The fourth-order valence-electron chi connectivity index (χ4n) is 5.54. The quantitative estimate of drug-likeness (QED) is 0.185. The lowest BCUT2D eigenvalue weighted by molar-refractivity contribution is 0.486. The first-order valence-electron chi connectivity index (χ1n) is 13.8. The molecule has 0 unspecified atom stereocenters. The van der Waals surface area contributed by atoms with Crippen molar-refractivity contribution in [1.29, 1.82) is 0 Å². The fourth-order valence-corrected chi connectivity index (χ4v) is 5.54. The average molecular weight is 549 g/mol. The Morgan fingerprint density at radius 3 is 1.29 bits per heavy atom. The van der Waals surface area contributed by atoms with Crippen molar-refractivity contribution in [2.45, 2.75) is 27.7 Å². The Morgan fingerprint density at radius 2 is 0.857 bits per heavy atom. The lowest BCUT2D eigenvalue weighted by Gasteiger charge is -2.07. The van der Waals surface area contributed by atoms with Crippen LogP contribution in [0.5, 0.6) is 11.5 Å². The standard InChI is InChI=1S/C36H28N4O2/c1-19-11-25-17-37-31-15-21(3)22(4)16-32(31)38-18-26-12-20(2)14-28(36(26)42)30-10-8-24-6-5-23-7-9-29(27(13-19)35(25)41)39-33(23)34(24)40-30/h5-18,41-42H,1-4H3. The number of aromatic hydroxyl groups is 2. The van der Waals surface area contributed by atoms with Gasteiger partial charge >= 0.3 is 0 Å². The molecule has 0 aliphatic carbocycles. The Hall–Kier alpha value is -5.36. The smallest absolute Gasteiger partial charge is 0.133 e. The maximum Gasteiger partial charge on any atom is 0.133 e. The fraction of sp³-hybridized carbons (Fsp3) is 0.111. The summed E-state index contributed by atoms with van der Waals surface area (Å²) in [6.45, 7) is 8.05. The van der Waals surface area contributed by atoms with Crippen LogP contribution >= 0.6 is 0 Å². The molecule has 7 rings (SSSR count). The third-order valence-corrected chi connectivity index (χ3v) is 7.92. The number of phenolic OH excluding ortho intramolecular Hbond substituents is 2. The molecule has 0 aliphatic rings. The minimum absolute atomic E-state index is 0.107. The Morgan fingerprint density at radius 1 is 0.452 bits per heavy atom. The molecule has 42 heavy (non-hydrogen) atoms. The molecule has 0 saturated carbocycles. The van der Waals surface area contributed by atoms with Gasteiger partial charge in [0.15, 0.2) is 0 Å². The highest BCUT2D eigenvalue weighted by Crippen LogP contribution is 2.33. The molecule has 0 fully saturated rings. The van der Waals surface area contributed by atoms with Gasteiger partial charge in [-0.3, -0.25) is 9.97 Å². The number of nitrogens with zero attached hydrogens (tertiary/aromatic N) is 4. The first-order chi connectivity index (χ1) is 20.2. The van der Waals surface area contributed by atoms with Crippen molar-refractivity contribution in [2.75, 3.05) is 0 Å². The van der Waals surface area contributed by atoms with E-state index in [0.29, 0.717) is 43.6 Å². The normalized spacial score (nSPS) is 11.5. The van der Waals surface area contributed by atoms with Crippen LogP contribution in [0.25, 0.3) is 65.4 Å². The first kappa shape index (κ1) is 25.6. The minimum Gasteiger partial charge on any atom is -0.507 e. The minimum atomic E-state index is 0.107. The van der Waals surface area contributed by atoms with Crippen molar-refractivity contribution >= 4 is 65.4 Å². The van der Waals surface area contributed by atoms with Gasteiger partial charge in [0.2, 0.25) is 0 Å². The summed E-state index contributed by atoms with van der Waals surface area (Å²) < 4.78 is 0. The molecule has 0 atom stereocenters. The van der Waals surface area contributed by atoms with E-state index in [0.717, 1.165) is 44.1 Å². The molecule has 0 amide bonds. The molecule has 6 nitrogen and oxygen atoms in total. The molecule has 0 spiro atoms. The largest absolute Gasteiger partial charge is 0.507 e. The highest BCUT2D eigenvalue weighted by atomic mass is 16.3. The SMILES string of the molecule is Cc1cc2cnc3cc(C)c(C)cc3ncc3cc(C)cc(c3O)c3ccc4ccc5ccc(nc5c4n3)c(c1)c2O. The second kappa shape index (κ2) is 9.63. The van der Waals surface area contributed by atoms with Crippen molar-refractivity contribution in [3.8, 4) is 11.5 Å². The van der Waals surface area contributed by atoms with Gasteiger partial charge in [-0.15, -0.1) is 0 Å². The zero-order valence-corrected chi connectivity index (χ0v) is 23.8. The van der Waals surface area contributed by atoms with Gasteiger partial charge in [-0.05, 0) is 98.5 Å². The highest BCUT2D eigenvalue weighted by Gasteiger charge is 2.10. The van der Waals surface area contributed by atoms with Crippen molar-refractivity contribution in [3.63, 3.8) is 0 Å². The van der Waals surface area contributed by atoms with Crippen LogP contribution in [0.4, 0.5) is 0 Å². The van der Waals surface area contributed by atoms with Gasteiger partial charge in [0.1, 0.15) is 11.5 Å². The summed E-state index contributed by atoms with van der Waals surface area (Å²) >= 11 is 0. The summed E-state index contributed by atoms with van der Waals surface area (Å²) in [5, 5.41) is 27.1. The lowest BCUT2D eigenvalue weighted by atomic mass is 10.1. The first-order valence-corrected chi connectivity index (χ1v) is 13.8. The number of hydrogen-bond donors (Lipinski definition) is 2. The van der Waals surface area contributed by atoms with Crippen molar-refractivity contribution in [1.82, 2.24) is 19.9 Å². The number of aryl methyl sites for hydroxylation is 4. The molecular weight excluding hydrogens is 520 g/mol. The van der Waals surface area contributed by atoms with Crippen molar-refractivity contribution in [3.05, 3.63) is 107 Å². The number of benzene rings is 4. The van der Waals surface area contributed by atoms with E-state index in [4.69, 9.17) is 19.9 Å². The van der Waals surface area contributed by atoms with Crippen LogP contribution in [0.3, 0.4) is 0 Å². The number of aromatic nitrogens is 4. The molecule has 0 saturated heterocycles. The van der Waals surface area contributed by atoms with Crippen LogP contribution in [0.15, 0.2) is 85.2 Å².